The summed E-state index contributed by atoms with van der Waals surface area (Å²) in [4.78, 5) is 11.9. The van der Waals surface area contributed by atoms with E-state index < -0.39 is 0 Å². The van der Waals surface area contributed by atoms with Gasteiger partial charge in [0.15, 0.2) is 11.5 Å². The van der Waals surface area contributed by atoms with E-state index in [2.05, 4.69) is 22.8 Å². The predicted octanol–water partition coefficient (Wildman–Crippen LogP) is 6.59. The zero-order valence-electron chi connectivity index (χ0n) is 22.9. The molecule has 0 bridgehead atoms. The highest BCUT2D eigenvalue weighted by Gasteiger charge is 2.29. The SMILES string of the molecule is OCc1ccccc1Sc1ccccc1CNc1nc(NC2CCOc3c2ccc2c3OCCO2)c2ccccc2n1. The Balaban J connectivity index is 1.16. The van der Waals surface area contributed by atoms with Crippen LogP contribution in [0.3, 0.4) is 0 Å². The van der Waals surface area contributed by atoms with Gasteiger partial charge in [0.25, 0.3) is 0 Å². The standard InChI is InChI=1S/C33H30N4O4S/c38-20-22-8-2-6-12-29(22)42-28-11-5-1-7-21(28)19-34-33-36-25-10-4-3-9-24(25)32(37-33)35-26-15-16-40-30-23(26)13-14-27-31(30)41-18-17-39-27/h1-14,26,38H,15-20H2,(H2,34,35,36,37). The lowest BCUT2D eigenvalue weighted by Gasteiger charge is -2.30. The number of rotatable bonds is 8. The summed E-state index contributed by atoms with van der Waals surface area (Å²) in [5.74, 6) is 3.44. The summed E-state index contributed by atoms with van der Waals surface area (Å²) < 4.78 is 17.7. The monoisotopic (exact) mass is 578 g/mol. The van der Waals surface area contributed by atoms with Gasteiger partial charge in [0.2, 0.25) is 11.7 Å². The Labute approximate surface area is 248 Å². The lowest BCUT2D eigenvalue weighted by atomic mass is 9.99. The van der Waals surface area contributed by atoms with Crippen molar-refractivity contribution in [2.75, 3.05) is 30.5 Å². The fourth-order valence-electron chi connectivity index (χ4n) is 5.32. The van der Waals surface area contributed by atoms with Crippen molar-refractivity contribution in [2.45, 2.75) is 35.4 Å². The zero-order chi connectivity index (χ0) is 28.3. The molecule has 42 heavy (non-hydrogen) atoms. The van der Waals surface area contributed by atoms with Crippen LogP contribution in [0.25, 0.3) is 10.9 Å². The molecule has 7 rings (SSSR count). The number of fused-ring (bicyclic) bond motifs is 4. The summed E-state index contributed by atoms with van der Waals surface area (Å²) in [6.07, 6.45) is 0.785. The molecule has 1 atom stereocenters. The summed E-state index contributed by atoms with van der Waals surface area (Å²) in [5.41, 5.74) is 3.91. The predicted molar refractivity (Wildman–Crippen MR) is 164 cm³/mol. The molecule has 0 spiro atoms. The number of aliphatic hydroxyl groups excluding tert-OH is 1. The van der Waals surface area contributed by atoms with E-state index in [0.29, 0.717) is 38.1 Å². The van der Waals surface area contributed by atoms with E-state index in [-0.39, 0.29) is 12.6 Å². The van der Waals surface area contributed by atoms with Crippen LogP contribution in [-0.4, -0.2) is 34.9 Å². The molecule has 3 N–H and O–H groups in total. The van der Waals surface area contributed by atoms with Crippen molar-refractivity contribution in [3.8, 4) is 17.2 Å². The van der Waals surface area contributed by atoms with Gasteiger partial charge in [-0.25, -0.2) is 4.98 Å². The molecule has 0 radical (unpaired) electrons. The van der Waals surface area contributed by atoms with Crippen molar-refractivity contribution in [1.29, 1.82) is 0 Å². The molecule has 4 aromatic carbocycles. The highest BCUT2D eigenvalue weighted by atomic mass is 32.2. The van der Waals surface area contributed by atoms with E-state index in [1.165, 1.54) is 0 Å². The number of anilines is 2. The summed E-state index contributed by atoms with van der Waals surface area (Å²) in [5, 5.41) is 17.9. The maximum absolute atomic E-state index is 9.79. The number of aliphatic hydroxyl groups is 1. The minimum absolute atomic E-state index is 0.00513. The third-order valence-corrected chi connectivity index (χ3v) is 8.65. The molecular weight excluding hydrogens is 548 g/mol. The first-order valence-electron chi connectivity index (χ1n) is 14.0. The van der Waals surface area contributed by atoms with Gasteiger partial charge in [-0.3, -0.25) is 0 Å². The summed E-state index contributed by atoms with van der Waals surface area (Å²) in [6.45, 7) is 2.16. The fourth-order valence-corrected chi connectivity index (χ4v) is 6.39. The van der Waals surface area contributed by atoms with Crippen molar-refractivity contribution in [3.63, 3.8) is 0 Å². The number of para-hydroxylation sites is 1. The van der Waals surface area contributed by atoms with Crippen LogP contribution in [0, 0.1) is 0 Å². The third kappa shape index (κ3) is 5.29. The van der Waals surface area contributed by atoms with Crippen LogP contribution in [0.5, 0.6) is 17.2 Å². The molecule has 1 unspecified atom stereocenters. The molecule has 3 heterocycles. The summed E-state index contributed by atoms with van der Waals surface area (Å²) in [6, 6.07) is 28.2. The second-order valence-corrected chi connectivity index (χ2v) is 11.2. The topological polar surface area (TPSA) is 97.8 Å². The smallest absolute Gasteiger partial charge is 0.225 e. The van der Waals surface area contributed by atoms with Crippen molar-refractivity contribution in [1.82, 2.24) is 9.97 Å². The highest BCUT2D eigenvalue weighted by Crippen LogP contribution is 2.47. The molecule has 0 saturated carbocycles. The lowest BCUT2D eigenvalue weighted by Crippen LogP contribution is -2.24. The molecule has 0 fully saturated rings. The van der Waals surface area contributed by atoms with Gasteiger partial charge in [-0.1, -0.05) is 60.3 Å². The number of hydrogen-bond donors (Lipinski definition) is 3. The average Bonchev–Trinajstić information content (AvgIpc) is 3.04. The zero-order valence-corrected chi connectivity index (χ0v) is 23.7. The Kier molecular flexibility index (Phi) is 7.42. The Morgan fingerprint density at radius 1 is 0.762 bits per heavy atom. The van der Waals surface area contributed by atoms with E-state index in [0.717, 1.165) is 61.1 Å². The molecule has 8 nitrogen and oxygen atoms in total. The number of aromatic nitrogens is 2. The molecule has 1 aromatic heterocycles. The molecule has 2 aliphatic heterocycles. The van der Waals surface area contributed by atoms with Gasteiger partial charge in [0.05, 0.1) is 24.8 Å². The van der Waals surface area contributed by atoms with Crippen LogP contribution in [0.15, 0.2) is 94.7 Å². The van der Waals surface area contributed by atoms with E-state index in [1.54, 1.807) is 11.8 Å². The Morgan fingerprint density at radius 2 is 1.50 bits per heavy atom. The number of ether oxygens (including phenoxy) is 3. The van der Waals surface area contributed by atoms with Gasteiger partial charge < -0.3 is 30.0 Å². The molecular formula is C33H30N4O4S. The first-order chi connectivity index (χ1) is 20.8. The van der Waals surface area contributed by atoms with Crippen molar-refractivity contribution < 1.29 is 19.3 Å². The molecule has 212 valence electrons. The molecule has 0 aliphatic carbocycles. The maximum Gasteiger partial charge on any atom is 0.225 e. The largest absolute Gasteiger partial charge is 0.489 e. The molecule has 2 aliphatic rings. The minimum Gasteiger partial charge on any atom is -0.489 e. The van der Waals surface area contributed by atoms with Gasteiger partial charge in [0, 0.05) is 33.7 Å². The lowest BCUT2D eigenvalue weighted by molar-refractivity contribution is 0.157. The van der Waals surface area contributed by atoms with E-state index in [1.807, 2.05) is 72.8 Å². The average molecular weight is 579 g/mol. The van der Waals surface area contributed by atoms with Crippen LogP contribution in [0.1, 0.15) is 29.2 Å². The Hall–Kier alpha value is -4.47. The Morgan fingerprint density at radius 3 is 2.38 bits per heavy atom. The van der Waals surface area contributed by atoms with E-state index >= 15 is 0 Å². The number of nitrogens with one attached hydrogen (secondary N) is 2. The van der Waals surface area contributed by atoms with Crippen molar-refractivity contribution in [3.05, 3.63) is 102 Å². The molecule has 5 aromatic rings. The number of nitrogens with zero attached hydrogens (tertiary/aromatic N) is 2. The highest BCUT2D eigenvalue weighted by molar-refractivity contribution is 7.99. The molecule has 9 heteroatoms. The van der Waals surface area contributed by atoms with Crippen LogP contribution in [-0.2, 0) is 13.2 Å². The van der Waals surface area contributed by atoms with Gasteiger partial charge in [0.1, 0.15) is 19.0 Å². The van der Waals surface area contributed by atoms with Gasteiger partial charge >= 0.3 is 0 Å². The van der Waals surface area contributed by atoms with Crippen molar-refractivity contribution >= 4 is 34.4 Å². The van der Waals surface area contributed by atoms with Crippen LogP contribution < -0.4 is 24.8 Å². The van der Waals surface area contributed by atoms with Crippen LogP contribution in [0.2, 0.25) is 0 Å². The molecule has 0 amide bonds. The quantitative estimate of drug-likeness (QED) is 0.188. The van der Waals surface area contributed by atoms with Crippen LogP contribution >= 0.6 is 11.8 Å². The first-order valence-corrected chi connectivity index (χ1v) is 14.9. The number of hydrogen-bond acceptors (Lipinski definition) is 9. The van der Waals surface area contributed by atoms with Gasteiger partial charge in [-0.2, -0.15) is 4.98 Å². The van der Waals surface area contributed by atoms with Gasteiger partial charge in [-0.15, -0.1) is 0 Å². The first kappa shape index (κ1) is 26.4. The summed E-state index contributed by atoms with van der Waals surface area (Å²) >= 11 is 1.65. The van der Waals surface area contributed by atoms with E-state index in [9.17, 15) is 5.11 Å². The van der Waals surface area contributed by atoms with Gasteiger partial charge in [-0.05, 0) is 47.5 Å². The van der Waals surface area contributed by atoms with Crippen molar-refractivity contribution in [2.24, 2.45) is 0 Å². The fraction of sp³-hybridized carbons (Fsp3) is 0.212. The third-order valence-electron chi connectivity index (χ3n) is 7.41. The number of benzene rings is 4. The summed E-state index contributed by atoms with van der Waals surface area (Å²) in [7, 11) is 0. The normalized spacial score (nSPS) is 15.5. The minimum atomic E-state index is -0.0144. The van der Waals surface area contributed by atoms with E-state index in [4.69, 9.17) is 24.2 Å². The maximum atomic E-state index is 9.79. The second-order valence-electron chi connectivity index (χ2n) is 10.1. The Bertz CT molecular complexity index is 1750. The molecule has 0 saturated heterocycles. The second kappa shape index (κ2) is 11.8. The van der Waals surface area contributed by atoms with Crippen LogP contribution in [0.4, 0.5) is 11.8 Å².